The molecule has 9 heteroatoms. The molecule has 0 aliphatic carbocycles. The zero-order valence-corrected chi connectivity index (χ0v) is 17.3. The number of hydrogen-bond donors (Lipinski definition) is 1. The van der Waals surface area contributed by atoms with Crippen LogP contribution in [-0.2, 0) is 6.54 Å². The number of aromatic nitrogens is 3. The molecule has 4 rings (SSSR count). The van der Waals surface area contributed by atoms with Crippen molar-refractivity contribution in [3.63, 3.8) is 0 Å². The molecule has 0 atom stereocenters. The molecule has 4 aromatic rings. The maximum absolute atomic E-state index is 12.8. The number of fused-ring (bicyclic) bond motifs is 1. The Labute approximate surface area is 186 Å². The first-order chi connectivity index (χ1) is 15.5. The molecule has 0 radical (unpaired) electrons. The highest BCUT2D eigenvalue weighted by atomic mass is 35.5. The molecule has 2 heterocycles. The minimum Gasteiger partial charge on any atom is -0.491 e. The molecule has 0 fully saturated rings. The van der Waals surface area contributed by atoms with Crippen molar-refractivity contribution in [3.8, 4) is 22.9 Å². The van der Waals surface area contributed by atoms with E-state index in [0.717, 1.165) is 0 Å². The standard InChI is InChI=1S/C23H15ClN4O4/c24-17-4-5-20(18(9-17)14-2-1-3-15(8-14)23(30)31)32-7-6-28-13-27-19-12-26-11-16(10-25)21(19)22(28)29/h1-5,8-9,11-13H,6-7H2,(H,30,31). The number of ether oxygens (including phenoxy) is 1. The van der Waals surface area contributed by atoms with E-state index in [-0.39, 0.29) is 35.2 Å². The van der Waals surface area contributed by atoms with Gasteiger partial charge in [0.15, 0.2) is 0 Å². The van der Waals surface area contributed by atoms with Crippen molar-refractivity contribution in [2.45, 2.75) is 6.54 Å². The number of hydrogen-bond acceptors (Lipinski definition) is 6. The first-order valence-corrected chi connectivity index (χ1v) is 9.85. The van der Waals surface area contributed by atoms with Crippen molar-refractivity contribution in [2.24, 2.45) is 0 Å². The number of rotatable bonds is 6. The average Bonchev–Trinajstić information content (AvgIpc) is 2.81. The van der Waals surface area contributed by atoms with Crippen LogP contribution in [0.25, 0.3) is 22.0 Å². The van der Waals surface area contributed by atoms with E-state index >= 15 is 0 Å². The third-order valence-corrected chi connectivity index (χ3v) is 5.04. The van der Waals surface area contributed by atoms with Crippen LogP contribution in [0.4, 0.5) is 0 Å². The SMILES string of the molecule is N#Cc1cncc2ncn(CCOc3ccc(Cl)cc3-c3cccc(C(=O)O)c3)c(=O)c12. The first kappa shape index (κ1) is 21.0. The number of aromatic carboxylic acids is 1. The molecule has 0 saturated carbocycles. The molecule has 2 aromatic heterocycles. The summed E-state index contributed by atoms with van der Waals surface area (Å²) in [4.78, 5) is 32.2. The summed E-state index contributed by atoms with van der Waals surface area (Å²) in [5, 5.41) is 19.2. The molecule has 0 unspecified atom stereocenters. The number of nitrogens with zero attached hydrogens (tertiary/aromatic N) is 4. The lowest BCUT2D eigenvalue weighted by Crippen LogP contribution is -2.24. The highest BCUT2D eigenvalue weighted by Gasteiger charge is 2.12. The molecule has 158 valence electrons. The topological polar surface area (TPSA) is 118 Å². The molecular formula is C23H15ClN4O4. The number of carboxylic acids is 1. The second-order valence-electron chi connectivity index (χ2n) is 6.81. The van der Waals surface area contributed by atoms with Crippen LogP contribution in [0.15, 0.2) is 66.0 Å². The normalized spacial score (nSPS) is 10.6. The van der Waals surface area contributed by atoms with Crippen LogP contribution in [0.5, 0.6) is 5.75 Å². The Balaban J connectivity index is 1.60. The summed E-state index contributed by atoms with van der Waals surface area (Å²) in [6.07, 6.45) is 4.15. The lowest BCUT2D eigenvalue weighted by molar-refractivity contribution is 0.0697. The number of nitriles is 1. The van der Waals surface area contributed by atoms with Crippen molar-refractivity contribution in [3.05, 3.63) is 87.7 Å². The largest absolute Gasteiger partial charge is 0.491 e. The monoisotopic (exact) mass is 446 g/mol. The van der Waals surface area contributed by atoms with Crippen molar-refractivity contribution in [2.75, 3.05) is 6.61 Å². The molecule has 0 amide bonds. The fourth-order valence-electron chi connectivity index (χ4n) is 3.27. The second-order valence-corrected chi connectivity index (χ2v) is 7.25. The highest BCUT2D eigenvalue weighted by molar-refractivity contribution is 6.31. The predicted molar refractivity (Wildman–Crippen MR) is 118 cm³/mol. The third kappa shape index (κ3) is 4.15. The van der Waals surface area contributed by atoms with Crippen LogP contribution in [0.3, 0.4) is 0 Å². The summed E-state index contributed by atoms with van der Waals surface area (Å²) < 4.78 is 7.27. The van der Waals surface area contributed by atoms with Gasteiger partial charge in [0.1, 0.15) is 18.4 Å². The summed E-state index contributed by atoms with van der Waals surface area (Å²) >= 11 is 6.15. The van der Waals surface area contributed by atoms with Gasteiger partial charge in [-0.15, -0.1) is 0 Å². The van der Waals surface area contributed by atoms with E-state index in [2.05, 4.69) is 9.97 Å². The highest BCUT2D eigenvalue weighted by Crippen LogP contribution is 2.33. The number of halogens is 1. The molecule has 0 aliphatic rings. The van der Waals surface area contributed by atoms with E-state index in [1.165, 1.54) is 35.4 Å². The van der Waals surface area contributed by atoms with Crippen LogP contribution < -0.4 is 10.3 Å². The van der Waals surface area contributed by atoms with Crippen LogP contribution >= 0.6 is 11.6 Å². The predicted octanol–water partition coefficient (Wildman–Crippen LogP) is 3.76. The fourth-order valence-corrected chi connectivity index (χ4v) is 3.44. The van der Waals surface area contributed by atoms with Gasteiger partial charge < -0.3 is 9.84 Å². The summed E-state index contributed by atoms with van der Waals surface area (Å²) in [6.45, 7) is 0.319. The Morgan fingerprint density at radius 1 is 1.22 bits per heavy atom. The van der Waals surface area contributed by atoms with Gasteiger partial charge >= 0.3 is 5.97 Å². The van der Waals surface area contributed by atoms with Gasteiger partial charge in [0, 0.05) is 16.8 Å². The molecule has 0 aliphatic heterocycles. The molecule has 0 saturated heterocycles. The summed E-state index contributed by atoms with van der Waals surface area (Å²) in [5.74, 6) is -0.549. The number of benzene rings is 2. The molecular weight excluding hydrogens is 432 g/mol. The molecule has 32 heavy (non-hydrogen) atoms. The Bertz CT molecular complexity index is 1440. The first-order valence-electron chi connectivity index (χ1n) is 9.47. The Morgan fingerprint density at radius 2 is 2.06 bits per heavy atom. The Morgan fingerprint density at radius 3 is 2.84 bits per heavy atom. The average molecular weight is 447 g/mol. The smallest absolute Gasteiger partial charge is 0.335 e. The van der Waals surface area contributed by atoms with Crippen molar-refractivity contribution in [1.82, 2.24) is 14.5 Å². The third-order valence-electron chi connectivity index (χ3n) is 4.81. The Kier molecular flexibility index (Phi) is 5.83. The van der Waals surface area contributed by atoms with Gasteiger partial charge in [-0.2, -0.15) is 5.26 Å². The molecule has 1 N–H and O–H groups in total. The van der Waals surface area contributed by atoms with E-state index < -0.39 is 5.97 Å². The van der Waals surface area contributed by atoms with Crippen LogP contribution in [0.2, 0.25) is 5.02 Å². The van der Waals surface area contributed by atoms with E-state index in [9.17, 15) is 20.0 Å². The van der Waals surface area contributed by atoms with Gasteiger partial charge in [-0.05, 0) is 35.9 Å². The minimum absolute atomic E-state index is 0.132. The molecule has 0 spiro atoms. The van der Waals surface area contributed by atoms with E-state index in [0.29, 0.717) is 27.4 Å². The number of pyridine rings is 1. The lowest BCUT2D eigenvalue weighted by atomic mass is 10.0. The van der Waals surface area contributed by atoms with Crippen molar-refractivity contribution >= 4 is 28.5 Å². The van der Waals surface area contributed by atoms with Crippen molar-refractivity contribution in [1.29, 1.82) is 5.26 Å². The van der Waals surface area contributed by atoms with Gasteiger partial charge in [0.2, 0.25) is 0 Å². The van der Waals surface area contributed by atoms with Crippen LogP contribution in [0, 0.1) is 11.3 Å². The molecule has 8 nitrogen and oxygen atoms in total. The Hall–Kier alpha value is -4.22. The van der Waals surface area contributed by atoms with Gasteiger partial charge in [-0.3, -0.25) is 14.3 Å². The fraction of sp³-hybridized carbons (Fsp3) is 0.0870. The van der Waals surface area contributed by atoms with Gasteiger partial charge in [0.25, 0.3) is 5.56 Å². The van der Waals surface area contributed by atoms with Crippen LogP contribution in [-0.4, -0.2) is 32.2 Å². The zero-order valence-electron chi connectivity index (χ0n) is 16.5. The molecule has 2 aromatic carbocycles. The second kappa shape index (κ2) is 8.88. The molecule has 0 bridgehead atoms. The van der Waals surface area contributed by atoms with E-state index in [1.54, 1.807) is 30.3 Å². The number of carbonyl (C=O) groups is 1. The van der Waals surface area contributed by atoms with Gasteiger partial charge in [-0.1, -0.05) is 23.7 Å². The summed E-state index contributed by atoms with van der Waals surface area (Å²) in [7, 11) is 0. The van der Waals surface area contributed by atoms with E-state index in [1.807, 2.05) is 6.07 Å². The maximum Gasteiger partial charge on any atom is 0.335 e. The van der Waals surface area contributed by atoms with E-state index in [4.69, 9.17) is 16.3 Å². The summed E-state index contributed by atoms with van der Waals surface area (Å²) in [5.41, 5.74) is 1.56. The van der Waals surface area contributed by atoms with Gasteiger partial charge in [0.05, 0.1) is 41.1 Å². The maximum atomic E-state index is 12.8. The summed E-state index contributed by atoms with van der Waals surface area (Å²) in [6, 6.07) is 13.4. The zero-order chi connectivity index (χ0) is 22.7. The number of carboxylic acid groups (broad SMARTS) is 1. The van der Waals surface area contributed by atoms with Crippen LogP contribution in [0.1, 0.15) is 15.9 Å². The minimum atomic E-state index is -1.04. The van der Waals surface area contributed by atoms with Gasteiger partial charge in [-0.25, -0.2) is 9.78 Å². The van der Waals surface area contributed by atoms with Crippen molar-refractivity contribution < 1.29 is 14.6 Å². The quantitative estimate of drug-likeness (QED) is 0.479. The lowest BCUT2D eigenvalue weighted by Gasteiger charge is -2.14.